The van der Waals surface area contributed by atoms with Crippen LogP contribution in [0.3, 0.4) is 0 Å². The van der Waals surface area contributed by atoms with E-state index in [9.17, 15) is 22.8 Å². The first-order valence-corrected chi connectivity index (χ1v) is 7.13. The third-order valence-electron chi connectivity index (χ3n) is 2.42. The Balaban J connectivity index is 2.92. The number of alkyl halides is 3. The molecule has 0 fully saturated rings. The van der Waals surface area contributed by atoms with Crippen molar-refractivity contribution < 1.29 is 27.9 Å². The Morgan fingerprint density at radius 1 is 1.33 bits per heavy atom. The molecule has 3 N–H and O–H groups in total. The molecule has 0 unspecified atom stereocenters. The lowest BCUT2D eigenvalue weighted by Gasteiger charge is -2.12. The maximum Gasteiger partial charge on any atom is 0.416 e. The monoisotopic (exact) mass is 322 g/mol. The number of hydrogen-bond donors (Lipinski definition) is 3. The van der Waals surface area contributed by atoms with Gasteiger partial charge in [-0.1, -0.05) is 0 Å². The Kier molecular flexibility index (Phi) is 5.89. The fourth-order valence-electron chi connectivity index (χ4n) is 1.44. The van der Waals surface area contributed by atoms with Gasteiger partial charge in [0.15, 0.2) is 0 Å². The zero-order chi connectivity index (χ0) is 16.0. The number of halogens is 3. The quantitative estimate of drug-likeness (QED) is 0.728. The van der Waals surface area contributed by atoms with Gasteiger partial charge in [0.05, 0.1) is 16.8 Å². The molecule has 1 aromatic carbocycles. The number of carbonyl (C=O) groups is 2. The molecule has 0 aliphatic rings. The molecule has 1 rings (SSSR count). The molecule has 0 saturated carbocycles. The lowest BCUT2D eigenvalue weighted by Crippen LogP contribution is -2.31. The molecule has 116 valence electrons. The largest absolute Gasteiger partial charge is 0.478 e. The lowest BCUT2D eigenvalue weighted by molar-refractivity contribution is -0.137. The topological polar surface area (TPSA) is 78.4 Å². The van der Waals surface area contributed by atoms with Crippen molar-refractivity contribution in [1.82, 2.24) is 5.32 Å². The highest BCUT2D eigenvalue weighted by Crippen LogP contribution is 2.31. The van der Waals surface area contributed by atoms with E-state index in [0.717, 1.165) is 6.07 Å². The molecule has 21 heavy (non-hydrogen) atoms. The van der Waals surface area contributed by atoms with Crippen molar-refractivity contribution in [3.8, 4) is 0 Å². The second-order valence-corrected chi connectivity index (χ2v) is 4.92. The van der Waals surface area contributed by atoms with Crippen LogP contribution < -0.4 is 10.6 Å². The molecule has 0 heterocycles. The Bertz CT molecular complexity index is 535. The average Bonchev–Trinajstić information content (AvgIpc) is 2.37. The second kappa shape index (κ2) is 7.21. The number of amides is 2. The van der Waals surface area contributed by atoms with Crippen LogP contribution in [-0.4, -0.2) is 35.7 Å². The third-order valence-corrected chi connectivity index (χ3v) is 3.03. The minimum Gasteiger partial charge on any atom is -0.478 e. The number of aromatic carboxylic acids is 1. The molecule has 0 radical (unpaired) electrons. The van der Waals surface area contributed by atoms with E-state index in [2.05, 4.69) is 10.6 Å². The van der Waals surface area contributed by atoms with Gasteiger partial charge in [-0.2, -0.15) is 24.9 Å². The highest BCUT2D eigenvalue weighted by Gasteiger charge is 2.32. The minimum atomic E-state index is -4.65. The van der Waals surface area contributed by atoms with Crippen LogP contribution in [0.15, 0.2) is 18.2 Å². The number of carboxylic acid groups (broad SMARTS) is 1. The maximum absolute atomic E-state index is 12.5. The smallest absolute Gasteiger partial charge is 0.416 e. The van der Waals surface area contributed by atoms with Gasteiger partial charge in [-0.15, -0.1) is 0 Å². The number of anilines is 1. The summed E-state index contributed by atoms with van der Waals surface area (Å²) in [7, 11) is 0. The van der Waals surface area contributed by atoms with E-state index in [1.165, 1.54) is 11.8 Å². The van der Waals surface area contributed by atoms with Crippen LogP contribution in [0.1, 0.15) is 15.9 Å². The first-order chi connectivity index (χ1) is 9.75. The Hall–Kier alpha value is -1.90. The van der Waals surface area contributed by atoms with Crippen molar-refractivity contribution in [3.05, 3.63) is 29.3 Å². The van der Waals surface area contributed by atoms with Crippen molar-refractivity contribution in [2.45, 2.75) is 6.18 Å². The Morgan fingerprint density at radius 2 is 2.00 bits per heavy atom. The van der Waals surface area contributed by atoms with Gasteiger partial charge in [-0.3, -0.25) is 0 Å². The van der Waals surface area contributed by atoms with Crippen LogP contribution in [0, 0.1) is 0 Å². The Morgan fingerprint density at radius 3 is 2.52 bits per heavy atom. The second-order valence-electron chi connectivity index (χ2n) is 3.94. The number of thioether (sulfide) groups is 1. The van der Waals surface area contributed by atoms with Crippen LogP contribution in [0.25, 0.3) is 0 Å². The molecule has 0 atom stereocenters. The Labute approximate surface area is 122 Å². The van der Waals surface area contributed by atoms with Gasteiger partial charge >= 0.3 is 18.2 Å². The summed E-state index contributed by atoms with van der Waals surface area (Å²) >= 11 is 1.50. The van der Waals surface area contributed by atoms with Gasteiger partial charge in [-0.25, -0.2) is 9.59 Å². The van der Waals surface area contributed by atoms with Crippen LogP contribution in [0.2, 0.25) is 0 Å². The van der Waals surface area contributed by atoms with E-state index in [1.54, 1.807) is 0 Å². The summed E-state index contributed by atoms with van der Waals surface area (Å²) in [5.74, 6) is -0.896. The zero-order valence-corrected chi connectivity index (χ0v) is 11.8. The van der Waals surface area contributed by atoms with Gasteiger partial charge in [0, 0.05) is 12.3 Å². The van der Waals surface area contributed by atoms with Gasteiger partial charge in [0.1, 0.15) is 0 Å². The molecule has 5 nitrogen and oxygen atoms in total. The lowest BCUT2D eigenvalue weighted by atomic mass is 10.1. The molecule has 1 aromatic rings. The molecule has 2 amide bonds. The first kappa shape index (κ1) is 17.2. The van der Waals surface area contributed by atoms with Crippen LogP contribution in [0.5, 0.6) is 0 Å². The summed E-state index contributed by atoms with van der Waals surface area (Å²) in [5.41, 5.74) is -1.91. The molecule has 0 spiro atoms. The SMILES string of the molecule is CSCCNC(=O)Nc1ccc(C(F)(F)F)cc1C(=O)O. The third kappa shape index (κ3) is 5.18. The summed E-state index contributed by atoms with van der Waals surface area (Å²) in [6, 6.07) is 1.44. The summed E-state index contributed by atoms with van der Waals surface area (Å²) in [4.78, 5) is 22.5. The fraction of sp³-hybridized carbons (Fsp3) is 0.333. The van der Waals surface area contributed by atoms with Gasteiger partial charge in [-0.05, 0) is 24.5 Å². The number of hydrogen-bond acceptors (Lipinski definition) is 3. The van der Waals surface area contributed by atoms with E-state index in [0.29, 0.717) is 24.4 Å². The number of carboxylic acids is 1. The molecule has 0 saturated heterocycles. The molecule has 0 aromatic heterocycles. The molecular weight excluding hydrogens is 309 g/mol. The van der Waals surface area contributed by atoms with E-state index in [1.807, 2.05) is 6.26 Å². The normalized spacial score (nSPS) is 11.0. The van der Waals surface area contributed by atoms with Crippen molar-refractivity contribution in [2.24, 2.45) is 0 Å². The van der Waals surface area contributed by atoms with Crippen molar-refractivity contribution >= 4 is 29.4 Å². The van der Waals surface area contributed by atoms with Crippen LogP contribution in [0.4, 0.5) is 23.7 Å². The van der Waals surface area contributed by atoms with Crippen molar-refractivity contribution in [3.63, 3.8) is 0 Å². The number of nitrogens with one attached hydrogen (secondary N) is 2. The highest BCUT2D eigenvalue weighted by atomic mass is 32.2. The van der Waals surface area contributed by atoms with Gasteiger partial charge < -0.3 is 15.7 Å². The van der Waals surface area contributed by atoms with E-state index >= 15 is 0 Å². The zero-order valence-electron chi connectivity index (χ0n) is 11.0. The number of carbonyl (C=O) groups excluding carboxylic acids is 1. The number of rotatable bonds is 5. The summed E-state index contributed by atoms with van der Waals surface area (Å²) in [6.45, 7) is 0.357. The highest BCUT2D eigenvalue weighted by molar-refractivity contribution is 7.98. The molecule has 9 heteroatoms. The van der Waals surface area contributed by atoms with Crippen LogP contribution >= 0.6 is 11.8 Å². The van der Waals surface area contributed by atoms with Crippen molar-refractivity contribution in [1.29, 1.82) is 0 Å². The number of urea groups is 1. The summed E-state index contributed by atoms with van der Waals surface area (Å²) < 4.78 is 37.6. The molecule has 0 bridgehead atoms. The van der Waals surface area contributed by atoms with Crippen molar-refractivity contribution in [2.75, 3.05) is 23.9 Å². The van der Waals surface area contributed by atoms with E-state index in [-0.39, 0.29) is 5.69 Å². The molecule has 0 aliphatic heterocycles. The number of benzene rings is 1. The molecule has 0 aliphatic carbocycles. The van der Waals surface area contributed by atoms with E-state index in [4.69, 9.17) is 5.11 Å². The standard InChI is InChI=1S/C12H13F3N2O3S/c1-21-5-4-16-11(20)17-9-3-2-7(12(13,14)15)6-8(9)10(18)19/h2-3,6H,4-5H2,1H3,(H,18,19)(H2,16,17,20). The van der Waals surface area contributed by atoms with Crippen LogP contribution in [-0.2, 0) is 6.18 Å². The predicted molar refractivity (Wildman–Crippen MR) is 73.8 cm³/mol. The van der Waals surface area contributed by atoms with Gasteiger partial charge in [0.2, 0.25) is 0 Å². The summed E-state index contributed by atoms with van der Waals surface area (Å²) in [5, 5.41) is 13.6. The average molecular weight is 322 g/mol. The summed E-state index contributed by atoms with van der Waals surface area (Å²) in [6.07, 6.45) is -2.80. The van der Waals surface area contributed by atoms with Gasteiger partial charge in [0.25, 0.3) is 0 Å². The molecular formula is C12H13F3N2O3S. The maximum atomic E-state index is 12.5. The minimum absolute atomic E-state index is 0.197. The van der Waals surface area contributed by atoms with E-state index < -0.39 is 29.3 Å². The first-order valence-electron chi connectivity index (χ1n) is 5.74. The fourth-order valence-corrected chi connectivity index (χ4v) is 1.75. The predicted octanol–water partition coefficient (Wildman–Crippen LogP) is 2.89.